The van der Waals surface area contributed by atoms with Gasteiger partial charge >= 0.3 is 0 Å². The maximum atomic E-state index is 6.01. The molecule has 0 N–H and O–H groups in total. The zero-order valence-corrected chi connectivity index (χ0v) is 15.1. The van der Waals surface area contributed by atoms with E-state index >= 15 is 0 Å². The number of fused-ring (bicyclic) bond motifs is 1. The highest BCUT2D eigenvalue weighted by Crippen LogP contribution is 2.40. The predicted molar refractivity (Wildman–Crippen MR) is 99.8 cm³/mol. The topological polar surface area (TPSA) is 35.3 Å². The molecule has 1 aliphatic carbocycles. The van der Waals surface area contributed by atoms with Crippen LogP contribution in [-0.2, 0) is 6.42 Å². The van der Waals surface area contributed by atoms with E-state index in [0.717, 1.165) is 52.1 Å². The first-order valence-corrected chi connectivity index (χ1v) is 9.64. The Kier molecular flexibility index (Phi) is 4.56. The Morgan fingerprint density at radius 3 is 2.71 bits per heavy atom. The van der Waals surface area contributed by atoms with Gasteiger partial charge in [-0.25, -0.2) is 0 Å². The Balaban J connectivity index is 1.75. The summed E-state index contributed by atoms with van der Waals surface area (Å²) in [5.41, 5.74) is 4.06. The fraction of sp³-hybridized carbons (Fsp3) is 0.350. The van der Waals surface area contributed by atoms with Crippen LogP contribution in [0.15, 0.2) is 47.0 Å². The highest BCUT2D eigenvalue weighted by Gasteiger charge is 2.26. The molecule has 0 bridgehead atoms. The van der Waals surface area contributed by atoms with E-state index in [1.54, 1.807) is 0 Å². The molecule has 4 heteroatoms. The Labute approximate surface area is 150 Å². The maximum Gasteiger partial charge on any atom is 0.174 e. The van der Waals surface area contributed by atoms with E-state index in [9.17, 15) is 0 Å². The minimum absolute atomic E-state index is 0.716. The molecule has 1 fully saturated rings. The number of ether oxygens (including phenoxy) is 1. The summed E-state index contributed by atoms with van der Waals surface area (Å²) >= 11 is 3.45. The molecule has 0 spiro atoms. The van der Waals surface area contributed by atoms with Crippen LogP contribution in [0.3, 0.4) is 0 Å². The third-order valence-electron chi connectivity index (χ3n) is 4.47. The third-order valence-corrected chi connectivity index (χ3v) is 5.03. The highest BCUT2D eigenvalue weighted by atomic mass is 79.9. The van der Waals surface area contributed by atoms with Crippen LogP contribution in [0.25, 0.3) is 22.2 Å². The molecule has 4 rings (SSSR count). The molecule has 124 valence electrons. The van der Waals surface area contributed by atoms with Crippen molar-refractivity contribution in [1.29, 1.82) is 0 Å². The Hall–Kier alpha value is -1.81. The minimum atomic E-state index is 0.716. The standard InChI is InChI=1S/C20H20BrNO2/c21-11-4-12-23-18-10-9-16-19(15-5-2-1-3-6-15)22-24-20(16)17(18)13-14-7-8-14/h1-3,5-6,9-10,14H,4,7-8,11-13H2. The molecule has 0 radical (unpaired) electrons. The van der Waals surface area contributed by atoms with Gasteiger partial charge in [-0.15, -0.1) is 0 Å². The number of halogens is 1. The summed E-state index contributed by atoms with van der Waals surface area (Å²) in [5, 5.41) is 6.38. The molecule has 0 aliphatic heterocycles. The molecule has 2 aromatic carbocycles. The number of benzene rings is 2. The molecule has 1 aromatic heterocycles. The van der Waals surface area contributed by atoms with Gasteiger partial charge in [-0.1, -0.05) is 51.4 Å². The quantitative estimate of drug-likeness (QED) is 0.391. The summed E-state index contributed by atoms with van der Waals surface area (Å²) in [4.78, 5) is 0. The Morgan fingerprint density at radius 2 is 1.96 bits per heavy atom. The van der Waals surface area contributed by atoms with Crippen molar-refractivity contribution in [2.75, 3.05) is 11.9 Å². The SMILES string of the molecule is BrCCCOc1ccc2c(-c3ccccc3)noc2c1CC1CC1. The fourth-order valence-electron chi connectivity index (χ4n) is 3.02. The number of hydrogen-bond donors (Lipinski definition) is 0. The number of nitrogens with zero attached hydrogens (tertiary/aromatic N) is 1. The van der Waals surface area contributed by atoms with Crippen LogP contribution in [0.1, 0.15) is 24.8 Å². The molecular weight excluding hydrogens is 366 g/mol. The first-order chi connectivity index (χ1) is 11.9. The average Bonchev–Trinajstić information content (AvgIpc) is 3.33. The van der Waals surface area contributed by atoms with Crippen molar-refractivity contribution in [3.05, 3.63) is 48.0 Å². The third kappa shape index (κ3) is 3.20. The van der Waals surface area contributed by atoms with Crippen LogP contribution in [-0.4, -0.2) is 17.1 Å². The molecule has 0 saturated heterocycles. The van der Waals surface area contributed by atoms with Gasteiger partial charge in [0.2, 0.25) is 0 Å². The van der Waals surface area contributed by atoms with Crippen molar-refractivity contribution < 1.29 is 9.26 Å². The Morgan fingerprint density at radius 1 is 1.12 bits per heavy atom. The molecule has 24 heavy (non-hydrogen) atoms. The lowest BCUT2D eigenvalue weighted by Gasteiger charge is -2.11. The second-order valence-electron chi connectivity index (χ2n) is 6.35. The first kappa shape index (κ1) is 15.7. The van der Waals surface area contributed by atoms with Gasteiger partial charge in [-0.05, 0) is 43.7 Å². The molecule has 1 aliphatic rings. The van der Waals surface area contributed by atoms with Gasteiger partial charge in [0.15, 0.2) is 5.58 Å². The average molecular weight is 386 g/mol. The second-order valence-corrected chi connectivity index (χ2v) is 7.15. The molecule has 3 aromatic rings. The van der Waals surface area contributed by atoms with Gasteiger partial charge in [0.25, 0.3) is 0 Å². The number of aromatic nitrogens is 1. The van der Waals surface area contributed by atoms with Crippen LogP contribution >= 0.6 is 15.9 Å². The predicted octanol–water partition coefficient (Wildman–Crippen LogP) is 5.61. The maximum absolute atomic E-state index is 6.01. The lowest BCUT2D eigenvalue weighted by molar-refractivity contribution is 0.314. The van der Waals surface area contributed by atoms with Gasteiger partial charge in [-0.3, -0.25) is 0 Å². The van der Waals surface area contributed by atoms with E-state index in [1.165, 1.54) is 18.4 Å². The fourth-order valence-corrected chi connectivity index (χ4v) is 3.25. The number of hydrogen-bond acceptors (Lipinski definition) is 3. The smallest absolute Gasteiger partial charge is 0.174 e. The molecular formula is C20H20BrNO2. The largest absolute Gasteiger partial charge is 0.493 e. The summed E-state index contributed by atoms with van der Waals surface area (Å²) < 4.78 is 11.8. The summed E-state index contributed by atoms with van der Waals surface area (Å²) in [6, 6.07) is 14.4. The van der Waals surface area contributed by atoms with Crippen molar-refractivity contribution in [2.24, 2.45) is 5.92 Å². The van der Waals surface area contributed by atoms with Crippen LogP contribution < -0.4 is 4.74 Å². The van der Waals surface area contributed by atoms with Gasteiger partial charge < -0.3 is 9.26 Å². The zero-order chi connectivity index (χ0) is 16.4. The Bertz CT molecular complexity index is 824. The van der Waals surface area contributed by atoms with E-state index in [0.29, 0.717) is 6.61 Å². The normalized spacial score (nSPS) is 14.2. The molecule has 1 saturated carbocycles. The summed E-state index contributed by atoms with van der Waals surface area (Å²) in [7, 11) is 0. The molecule has 0 amide bonds. The van der Waals surface area contributed by atoms with E-state index < -0.39 is 0 Å². The van der Waals surface area contributed by atoms with E-state index in [1.807, 2.05) is 18.2 Å². The van der Waals surface area contributed by atoms with Crippen molar-refractivity contribution >= 4 is 26.9 Å². The van der Waals surface area contributed by atoms with Crippen LogP contribution in [0.4, 0.5) is 0 Å². The van der Waals surface area contributed by atoms with Crippen molar-refractivity contribution in [3.8, 4) is 17.0 Å². The zero-order valence-electron chi connectivity index (χ0n) is 13.5. The summed E-state index contributed by atoms with van der Waals surface area (Å²) in [6.45, 7) is 0.716. The van der Waals surface area contributed by atoms with E-state index in [-0.39, 0.29) is 0 Å². The van der Waals surface area contributed by atoms with Crippen molar-refractivity contribution in [3.63, 3.8) is 0 Å². The minimum Gasteiger partial charge on any atom is -0.493 e. The van der Waals surface area contributed by atoms with Gasteiger partial charge in [0.1, 0.15) is 11.4 Å². The van der Waals surface area contributed by atoms with Crippen LogP contribution in [0, 0.1) is 5.92 Å². The lowest BCUT2D eigenvalue weighted by Crippen LogP contribution is -2.01. The van der Waals surface area contributed by atoms with Gasteiger partial charge in [0, 0.05) is 16.5 Å². The number of alkyl halides is 1. The van der Waals surface area contributed by atoms with Gasteiger partial charge in [0.05, 0.1) is 12.0 Å². The highest BCUT2D eigenvalue weighted by molar-refractivity contribution is 9.09. The van der Waals surface area contributed by atoms with E-state index in [2.05, 4.69) is 45.4 Å². The molecule has 0 unspecified atom stereocenters. The van der Waals surface area contributed by atoms with Gasteiger partial charge in [-0.2, -0.15) is 0 Å². The molecule has 1 heterocycles. The lowest BCUT2D eigenvalue weighted by atomic mass is 10.0. The van der Waals surface area contributed by atoms with Crippen LogP contribution in [0.5, 0.6) is 5.75 Å². The monoisotopic (exact) mass is 385 g/mol. The van der Waals surface area contributed by atoms with E-state index in [4.69, 9.17) is 9.26 Å². The summed E-state index contributed by atoms with van der Waals surface area (Å²) in [5.74, 6) is 1.71. The number of rotatable bonds is 7. The summed E-state index contributed by atoms with van der Waals surface area (Å²) in [6.07, 6.45) is 4.62. The first-order valence-electron chi connectivity index (χ1n) is 8.52. The second kappa shape index (κ2) is 6.98. The van der Waals surface area contributed by atoms with Crippen molar-refractivity contribution in [1.82, 2.24) is 5.16 Å². The molecule has 0 atom stereocenters. The van der Waals surface area contributed by atoms with Crippen molar-refractivity contribution in [2.45, 2.75) is 25.7 Å². The molecule has 3 nitrogen and oxygen atoms in total. The van der Waals surface area contributed by atoms with Crippen LogP contribution in [0.2, 0.25) is 0 Å².